The van der Waals surface area contributed by atoms with Crippen molar-refractivity contribution in [1.82, 2.24) is 0 Å². The van der Waals surface area contributed by atoms with Gasteiger partial charge in [-0.25, -0.2) is 4.39 Å². The van der Waals surface area contributed by atoms with E-state index in [0.717, 1.165) is 12.8 Å². The molecule has 1 unspecified atom stereocenters. The van der Waals surface area contributed by atoms with Crippen molar-refractivity contribution < 1.29 is 9.50 Å². The first-order chi connectivity index (χ1) is 4.48. The number of aliphatic hydroxyl groups is 1. The van der Waals surface area contributed by atoms with E-state index in [1.807, 2.05) is 6.92 Å². The second kappa shape index (κ2) is 4.37. The van der Waals surface area contributed by atoms with Crippen LogP contribution in [-0.4, -0.2) is 15.8 Å². The van der Waals surface area contributed by atoms with Gasteiger partial charge in [-0.1, -0.05) is 43.0 Å². The van der Waals surface area contributed by atoms with Gasteiger partial charge in [0.25, 0.3) is 4.59 Å². The van der Waals surface area contributed by atoms with Crippen LogP contribution in [0.2, 0.25) is 0 Å². The van der Waals surface area contributed by atoms with Crippen molar-refractivity contribution in [3.05, 3.63) is 0 Å². The Morgan fingerprint density at radius 1 is 1.60 bits per heavy atom. The van der Waals surface area contributed by atoms with Crippen LogP contribution in [0.15, 0.2) is 0 Å². The fourth-order valence-corrected chi connectivity index (χ4v) is 0.779. The summed E-state index contributed by atoms with van der Waals surface area (Å²) in [6.45, 7) is 1.94. The lowest BCUT2D eigenvalue weighted by Crippen LogP contribution is -2.25. The van der Waals surface area contributed by atoms with Crippen molar-refractivity contribution in [2.75, 3.05) is 0 Å². The summed E-state index contributed by atoms with van der Waals surface area (Å²) in [6, 6.07) is 0. The summed E-state index contributed by atoms with van der Waals surface area (Å²) in [4.78, 5) is 0. The Balaban J connectivity index is 3.52. The Labute approximate surface area is 70.1 Å². The second-order valence-electron chi connectivity index (χ2n) is 2.20. The summed E-state index contributed by atoms with van der Waals surface area (Å²) in [5.41, 5.74) is 0. The number of unbranched alkanes of at least 4 members (excludes halogenated alkanes) is 1. The molecule has 0 rings (SSSR count). The molecule has 0 aromatic rings. The van der Waals surface area contributed by atoms with Crippen LogP contribution in [-0.2, 0) is 0 Å². The smallest absolute Gasteiger partial charge is 0.283 e. The van der Waals surface area contributed by atoms with Crippen molar-refractivity contribution in [2.24, 2.45) is 0 Å². The third-order valence-electron chi connectivity index (χ3n) is 1.21. The summed E-state index contributed by atoms with van der Waals surface area (Å²) in [7, 11) is 0. The zero-order valence-corrected chi connectivity index (χ0v) is 7.29. The molecule has 1 nitrogen and oxygen atoms in total. The van der Waals surface area contributed by atoms with Gasteiger partial charge in [0.05, 0.1) is 0 Å². The van der Waals surface area contributed by atoms with Crippen LogP contribution < -0.4 is 0 Å². The molecule has 0 aliphatic heterocycles. The SMILES string of the molecule is CCCCC(O)C(F)(Cl)Cl. The van der Waals surface area contributed by atoms with Gasteiger partial charge >= 0.3 is 0 Å². The molecular weight excluding hydrogens is 178 g/mol. The Morgan fingerprint density at radius 3 is 2.40 bits per heavy atom. The molecule has 0 saturated heterocycles. The zero-order valence-electron chi connectivity index (χ0n) is 5.78. The van der Waals surface area contributed by atoms with Gasteiger partial charge in [0.15, 0.2) is 0 Å². The predicted octanol–water partition coefficient (Wildman–Crippen LogP) is 2.64. The van der Waals surface area contributed by atoms with Gasteiger partial charge in [-0.05, 0) is 6.42 Å². The van der Waals surface area contributed by atoms with Crippen molar-refractivity contribution >= 4 is 23.2 Å². The Hall–Kier alpha value is 0.470. The van der Waals surface area contributed by atoms with E-state index in [-0.39, 0.29) is 0 Å². The topological polar surface area (TPSA) is 20.2 Å². The summed E-state index contributed by atoms with van der Waals surface area (Å²) in [5.74, 6) is 0. The first kappa shape index (κ1) is 10.5. The Morgan fingerprint density at radius 2 is 2.10 bits per heavy atom. The van der Waals surface area contributed by atoms with Crippen LogP contribution >= 0.6 is 23.2 Å². The lowest BCUT2D eigenvalue weighted by Gasteiger charge is -2.16. The van der Waals surface area contributed by atoms with Crippen LogP contribution in [0.1, 0.15) is 26.2 Å². The highest BCUT2D eigenvalue weighted by molar-refractivity contribution is 6.47. The molecule has 0 aromatic heterocycles. The normalized spacial score (nSPS) is 15.3. The van der Waals surface area contributed by atoms with E-state index in [0.29, 0.717) is 6.42 Å². The number of hydrogen-bond donors (Lipinski definition) is 1. The first-order valence-corrected chi connectivity index (χ1v) is 3.99. The van der Waals surface area contributed by atoms with Crippen molar-refractivity contribution in [1.29, 1.82) is 0 Å². The number of rotatable bonds is 4. The molecule has 1 atom stereocenters. The molecule has 4 heteroatoms. The molecule has 10 heavy (non-hydrogen) atoms. The van der Waals surface area contributed by atoms with Crippen molar-refractivity contribution in [3.8, 4) is 0 Å². The molecule has 0 spiro atoms. The zero-order chi connectivity index (χ0) is 8.20. The largest absolute Gasteiger partial charge is 0.387 e. The standard InChI is InChI=1S/C6H11Cl2FO/c1-2-3-4-5(10)6(7,8)9/h5,10H,2-4H2,1H3. The molecule has 0 aromatic carbocycles. The minimum absolute atomic E-state index is 0.306. The average Bonchev–Trinajstić information content (AvgIpc) is 1.80. The molecule has 62 valence electrons. The quantitative estimate of drug-likeness (QED) is 0.674. The number of hydrogen-bond acceptors (Lipinski definition) is 1. The molecule has 0 bridgehead atoms. The molecule has 0 fully saturated rings. The lowest BCUT2D eigenvalue weighted by atomic mass is 10.2. The summed E-state index contributed by atoms with van der Waals surface area (Å²) in [5, 5.41) is 8.88. The fraction of sp³-hybridized carbons (Fsp3) is 1.00. The van der Waals surface area contributed by atoms with Crippen LogP contribution in [0.4, 0.5) is 4.39 Å². The maximum atomic E-state index is 12.4. The van der Waals surface area contributed by atoms with Crippen molar-refractivity contribution in [3.63, 3.8) is 0 Å². The minimum Gasteiger partial charge on any atom is -0.387 e. The maximum absolute atomic E-state index is 12.4. The van der Waals surface area contributed by atoms with Crippen LogP contribution in [0.5, 0.6) is 0 Å². The average molecular weight is 189 g/mol. The first-order valence-electron chi connectivity index (χ1n) is 3.23. The Bertz CT molecular complexity index is 92.2. The molecule has 0 aliphatic rings. The van der Waals surface area contributed by atoms with E-state index in [1.165, 1.54) is 0 Å². The molecule has 0 heterocycles. The van der Waals surface area contributed by atoms with Crippen LogP contribution in [0, 0.1) is 0 Å². The van der Waals surface area contributed by atoms with Gasteiger partial charge in [0.1, 0.15) is 6.10 Å². The summed E-state index contributed by atoms with van der Waals surface area (Å²) < 4.78 is 9.90. The lowest BCUT2D eigenvalue weighted by molar-refractivity contribution is 0.0877. The molecule has 0 radical (unpaired) electrons. The van der Waals surface area contributed by atoms with E-state index in [2.05, 4.69) is 0 Å². The highest BCUT2D eigenvalue weighted by atomic mass is 35.5. The van der Waals surface area contributed by atoms with Crippen LogP contribution in [0.3, 0.4) is 0 Å². The molecule has 0 saturated carbocycles. The fourth-order valence-electron chi connectivity index (χ4n) is 0.561. The number of alkyl halides is 3. The van der Waals surface area contributed by atoms with E-state index in [1.54, 1.807) is 0 Å². The Kier molecular flexibility index (Phi) is 4.57. The molecule has 1 N–H and O–H groups in total. The highest BCUT2D eigenvalue weighted by Crippen LogP contribution is 2.29. The number of halogens is 3. The van der Waals surface area contributed by atoms with Gasteiger partial charge in [-0.3, -0.25) is 0 Å². The van der Waals surface area contributed by atoms with Crippen LogP contribution in [0.25, 0.3) is 0 Å². The van der Waals surface area contributed by atoms with Gasteiger partial charge in [-0.15, -0.1) is 0 Å². The van der Waals surface area contributed by atoms with E-state index in [4.69, 9.17) is 28.3 Å². The third kappa shape index (κ3) is 4.31. The second-order valence-corrected chi connectivity index (χ2v) is 3.49. The van der Waals surface area contributed by atoms with Gasteiger partial charge in [-0.2, -0.15) is 0 Å². The maximum Gasteiger partial charge on any atom is 0.283 e. The van der Waals surface area contributed by atoms with E-state index < -0.39 is 10.7 Å². The third-order valence-corrected chi connectivity index (χ3v) is 1.71. The number of aliphatic hydroxyl groups excluding tert-OH is 1. The van der Waals surface area contributed by atoms with E-state index in [9.17, 15) is 4.39 Å². The molecular formula is C6H11Cl2FO. The summed E-state index contributed by atoms with van der Waals surface area (Å²) in [6.07, 6.45) is 0.656. The molecule has 0 amide bonds. The highest BCUT2D eigenvalue weighted by Gasteiger charge is 2.32. The monoisotopic (exact) mass is 188 g/mol. The van der Waals surface area contributed by atoms with Gasteiger partial charge < -0.3 is 5.11 Å². The predicted molar refractivity (Wildman–Crippen MR) is 41.1 cm³/mol. The van der Waals surface area contributed by atoms with E-state index >= 15 is 0 Å². The van der Waals surface area contributed by atoms with Gasteiger partial charge in [0, 0.05) is 0 Å². The summed E-state index contributed by atoms with van der Waals surface area (Å²) >= 11 is 9.94. The minimum atomic E-state index is -2.49. The molecule has 0 aliphatic carbocycles. The van der Waals surface area contributed by atoms with Crippen molar-refractivity contribution in [2.45, 2.75) is 36.9 Å². The van der Waals surface area contributed by atoms with Gasteiger partial charge in [0.2, 0.25) is 0 Å².